The number of halogens is 3. The minimum absolute atomic E-state index is 0.00632. The van der Waals surface area contributed by atoms with E-state index < -0.39 is 83.8 Å². The first kappa shape index (κ1) is 49.7. The number of aliphatic hydroxyl groups is 1. The van der Waals surface area contributed by atoms with Crippen molar-refractivity contribution >= 4 is 51.4 Å². The first-order chi connectivity index (χ1) is 28.7. The normalized spacial score (nSPS) is 13.2. The Morgan fingerprint density at radius 3 is 2.23 bits per heavy atom. The topological polar surface area (TPSA) is 225 Å². The second-order valence-corrected chi connectivity index (χ2v) is 16.3. The molecule has 2 aromatic carbocycles. The van der Waals surface area contributed by atoms with E-state index in [1.807, 2.05) is 55.7 Å². The van der Waals surface area contributed by atoms with Gasteiger partial charge in [0.25, 0.3) is 0 Å². The Hall–Kier alpha value is -5.62. The van der Waals surface area contributed by atoms with Crippen molar-refractivity contribution in [2.75, 3.05) is 25.0 Å². The van der Waals surface area contributed by atoms with Gasteiger partial charge in [-0.15, -0.1) is 0 Å². The number of aromatic nitrogens is 1. The second kappa shape index (κ2) is 23.4. The number of alkyl halides is 1. The summed E-state index contributed by atoms with van der Waals surface area (Å²) < 4.78 is 31.6. The predicted molar refractivity (Wildman–Crippen MR) is 229 cm³/mol. The summed E-state index contributed by atoms with van der Waals surface area (Å²) in [7, 11) is 0. The maximum absolute atomic E-state index is 15.2. The number of carboxylic acids is 1. The van der Waals surface area contributed by atoms with E-state index in [2.05, 4.69) is 43.8 Å². The lowest BCUT2D eigenvalue weighted by Crippen LogP contribution is -2.53. The Kier molecular flexibility index (Phi) is 19.1. The average molecular weight is 917 g/mol. The van der Waals surface area contributed by atoms with Gasteiger partial charge in [0.15, 0.2) is 0 Å². The first-order valence-electron chi connectivity index (χ1n) is 19.7. The van der Waals surface area contributed by atoms with Crippen LogP contribution in [0.1, 0.15) is 77.1 Å². The number of nitrogens with two attached hydrogens (primary N) is 1. The van der Waals surface area contributed by atoms with E-state index in [9.17, 15) is 38.3 Å². The Morgan fingerprint density at radius 1 is 0.934 bits per heavy atom. The average Bonchev–Trinajstić information content (AvgIpc) is 3.59. The second-order valence-electron chi connectivity index (χ2n) is 15.8. The molecule has 0 aliphatic carbocycles. The highest BCUT2D eigenvalue weighted by atomic mass is 79.9. The van der Waals surface area contributed by atoms with Gasteiger partial charge < -0.3 is 46.7 Å². The van der Waals surface area contributed by atoms with Gasteiger partial charge in [0.1, 0.15) is 24.3 Å². The van der Waals surface area contributed by atoms with E-state index in [-0.39, 0.29) is 67.8 Å². The molecule has 0 saturated heterocycles. The number of carbonyl (C=O) groups is 6. The fourth-order valence-corrected chi connectivity index (χ4v) is 7.00. The highest BCUT2D eigenvalue weighted by Gasteiger charge is 2.38. The van der Waals surface area contributed by atoms with Crippen molar-refractivity contribution in [3.63, 3.8) is 0 Å². The number of carbonyl (C=O) groups excluding carboxylic acids is 5. The highest BCUT2D eigenvalue weighted by Crippen LogP contribution is 2.41. The maximum atomic E-state index is 15.2. The molecule has 0 fully saturated rings. The zero-order valence-corrected chi connectivity index (χ0v) is 36.4. The van der Waals surface area contributed by atoms with Crippen LogP contribution in [-0.2, 0) is 35.3 Å². The van der Waals surface area contributed by atoms with Crippen molar-refractivity contribution in [1.29, 1.82) is 0 Å². The summed E-state index contributed by atoms with van der Waals surface area (Å²) in [5, 5.41) is 30.1. The molecule has 0 saturated carbocycles. The predicted octanol–water partition coefficient (Wildman–Crippen LogP) is 3.88. The van der Waals surface area contributed by atoms with Gasteiger partial charge in [0.05, 0.1) is 23.8 Å². The van der Waals surface area contributed by atoms with Crippen LogP contribution >= 0.6 is 15.9 Å². The van der Waals surface area contributed by atoms with Crippen LogP contribution in [0.5, 0.6) is 0 Å². The van der Waals surface area contributed by atoms with Crippen molar-refractivity contribution in [2.24, 2.45) is 11.1 Å². The number of aliphatic carboxylic acids is 1. The van der Waals surface area contributed by atoms with Crippen LogP contribution in [0.2, 0.25) is 0 Å². The summed E-state index contributed by atoms with van der Waals surface area (Å²) in [5.41, 5.74) is 6.62. The third-order valence-electron chi connectivity index (χ3n) is 9.71. The molecule has 2 unspecified atom stereocenters. The molecule has 0 radical (unpaired) electrons. The molecule has 3 aromatic rings. The van der Waals surface area contributed by atoms with Gasteiger partial charge >= 0.3 is 5.97 Å². The van der Waals surface area contributed by atoms with Crippen LogP contribution < -0.4 is 27.0 Å². The molecule has 15 nitrogen and oxygen atoms in total. The number of nitrogens with zero attached hydrogens (tertiary/aromatic N) is 2. The number of carboxylic acid groups (broad SMARTS) is 1. The number of nitrogens with one attached hydrogen (secondary N) is 4. The maximum Gasteiger partial charge on any atom is 0.303 e. The minimum Gasteiger partial charge on any atom is -0.481 e. The molecule has 8 N–H and O–H groups in total. The molecule has 0 aliphatic rings. The molecular formula is C43H56BrF2N7O8. The molecule has 18 heteroatoms. The molecule has 5 amide bonds. The van der Waals surface area contributed by atoms with Crippen LogP contribution in [0.4, 0.5) is 8.78 Å². The summed E-state index contributed by atoms with van der Waals surface area (Å²) in [6.07, 6.45) is 1.14. The van der Waals surface area contributed by atoms with Crippen LogP contribution in [0.15, 0.2) is 73.1 Å². The van der Waals surface area contributed by atoms with Gasteiger partial charge in [-0.25, -0.2) is 8.78 Å². The van der Waals surface area contributed by atoms with E-state index in [1.165, 1.54) is 4.90 Å². The van der Waals surface area contributed by atoms with Crippen molar-refractivity contribution < 1.29 is 47.8 Å². The molecular weight excluding hydrogens is 860 g/mol. The number of benzene rings is 2. The largest absolute Gasteiger partial charge is 0.481 e. The van der Waals surface area contributed by atoms with Crippen molar-refractivity contribution in [3.8, 4) is 11.1 Å². The summed E-state index contributed by atoms with van der Waals surface area (Å²) in [4.78, 5) is 76.8. The Morgan fingerprint density at radius 2 is 1.62 bits per heavy atom. The fourth-order valence-electron chi connectivity index (χ4n) is 6.84. The third-order valence-corrected chi connectivity index (χ3v) is 10.2. The summed E-state index contributed by atoms with van der Waals surface area (Å²) in [5.74, 6) is -5.60. The van der Waals surface area contributed by atoms with Crippen LogP contribution in [-0.4, -0.2) is 98.3 Å². The summed E-state index contributed by atoms with van der Waals surface area (Å²) >= 11 is 3.02. The van der Waals surface area contributed by atoms with Crippen molar-refractivity contribution in [1.82, 2.24) is 30.7 Å². The summed E-state index contributed by atoms with van der Waals surface area (Å²) in [6.45, 7) is 10.7. The Labute approximate surface area is 362 Å². The molecule has 4 atom stereocenters. The molecule has 0 spiro atoms. The van der Waals surface area contributed by atoms with E-state index in [0.717, 1.165) is 23.8 Å². The zero-order valence-electron chi connectivity index (χ0n) is 34.8. The highest BCUT2D eigenvalue weighted by molar-refractivity contribution is 9.09. The number of aliphatic hydroxyl groups excluding tert-OH is 1. The van der Waals surface area contributed by atoms with Gasteiger partial charge in [-0.2, -0.15) is 0 Å². The summed E-state index contributed by atoms with van der Waals surface area (Å²) in [6, 6.07) is 10.6. The van der Waals surface area contributed by atoms with Gasteiger partial charge in [-0.1, -0.05) is 73.6 Å². The molecule has 1 aromatic heterocycles. The molecule has 1 heterocycles. The van der Waals surface area contributed by atoms with Gasteiger partial charge in [0.2, 0.25) is 29.5 Å². The van der Waals surface area contributed by atoms with Crippen molar-refractivity contribution in [3.05, 3.63) is 96.0 Å². The number of primary amides is 1. The van der Waals surface area contributed by atoms with Gasteiger partial charge in [-0.05, 0) is 55.0 Å². The smallest absolute Gasteiger partial charge is 0.303 e. The number of amides is 5. The molecule has 0 aliphatic heterocycles. The molecule has 332 valence electrons. The lowest BCUT2D eigenvalue weighted by molar-refractivity contribution is -0.140. The van der Waals surface area contributed by atoms with Crippen LogP contribution in [0.25, 0.3) is 11.1 Å². The van der Waals surface area contributed by atoms with Crippen LogP contribution in [0, 0.1) is 17.0 Å². The zero-order chi connectivity index (χ0) is 45.4. The standard InChI is InChI=1S/C43H56BrF2N7O8/c1-26(11-14-40(59)60)49-37(56)15-17-48-27(2)33(51-42(61)34(21-36(47)55)50-38(57)22-44)16-18-53(39(58)25-54)41(43(3,4)5)35-19-29(31-20-30(45)12-13-32(31)46)24-52(35)23-28-9-7-6-8-10-28/h6-10,12-13,19-20,24,26,33-34,41,48,54H,2,11,14-18,21-23,25H2,1,3-5H3,(H2,47,55)(H,49,56)(H,50,57)(H,51,61)(H,59,60)/t26-,33?,34-,41?/m0/s1. The monoisotopic (exact) mass is 915 g/mol. The van der Waals surface area contributed by atoms with Crippen molar-refractivity contribution in [2.45, 2.75) is 90.5 Å². The lowest BCUT2D eigenvalue weighted by atomic mass is 9.82. The Balaban J connectivity index is 2.04. The third kappa shape index (κ3) is 15.7. The van der Waals surface area contributed by atoms with Gasteiger partial charge in [-0.3, -0.25) is 28.8 Å². The quantitative estimate of drug-likeness (QED) is 0.0647. The first-order valence-corrected chi connectivity index (χ1v) is 20.8. The SMILES string of the molecule is C=C(NCCC(=O)N[C@@H](C)CCC(=O)O)C(CCN(C(=O)CO)C(c1cc(-c2cc(F)ccc2F)cn1Cc1ccccc1)C(C)(C)C)NC(=O)[C@H](CC(N)=O)NC(=O)CBr. The van der Waals surface area contributed by atoms with E-state index >= 15 is 4.39 Å². The number of hydrogen-bond donors (Lipinski definition) is 7. The minimum atomic E-state index is -1.38. The van der Waals surface area contributed by atoms with E-state index in [4.69, 9.17) is 10.8 Å². The molecule has 61 heavy (non-hydrogen) atoms. The van der Waals surface area contributed by atoms with E-state index in [0.29, 0.717) is 11.3 Å². The number of rotatable bonds is 24. The Bertz CT molecular complexity index is 2020. The molecule has 0 bridgehead atoms. The molecule has 3 rings (SSSR count). The number of hydrogen-bond acceptors (Lipinski definition) is 8. The fraction of sp³-hybridized carbons (Fsp3) is 0.442. The van der Waals surface area contributed by atoms with E-state index in [1.54, 1.807) is 19.2 Å². The van der Waals surface area contributed by atoms with Gasteiger partial charge in [0, 0.05) is 67.2 Å². The van der Waals surface area contributed by atoms with Crippen LogP contribution in [0.3, 0.4) is 0 Å². The lowest BCUT2D eigenvalue weighted by Gasteiger charge is -2.41.